The molecule has 8 nitrogen and oxygen atoms in total. The van der Waals surface area contributed by atoms with Crippen LogP contribution < -0.4 is 0 Å². The van der Waals surface area contributed by atoms with Crippen LogP contribution in [0.1, 0.15) is 34.8 Å². The molecule has 8 heteroatoms. The van der Waals surface area contributed by atoms with Gasteiger partial charge in [0.2, 0.25) is 0 Å². The summed E-state index contributed by atoms with van der Waals surface area (Å²) in [5.74, 6) is -0.935. The predicted molar refractivity (Wildman–Crippen MR) is 71.8 cm³/mol. The molecule has 0 fully saturated rings. The number of rotatable bonds is 6. The van der Waals surface area contributed by atoms with Crippen LogP contribution in [0, 0.1) is 0 Å². The Kier molecular flexibility index (Phi) is 4.70. The lowest BCUT2D eigenvalue weighted by molar-refractivity contribution is 0.0501. The fraction of sp³-hybridized carbons (Fsp3) is 0.385. The van der Waals surface area contributed by atoms with E-state index in [9.17, 15) is 9.59 Å². The molecule has 21 heavy (non-hydrogen) atoms. The third-order valence-corrected chi connectivity index (χ3v) is 2.61. The van der Waals surface area contributed by atoms with Gasteiger partial charge < -0.3 is 9.47 Å². The first-order valence-corrected chi connectivity index (χ1v) is 6.55. The summed E-state index contributed by atoms with van der Waals surface area (Å²) in [5.41, 5.74) is 0.534. The maximum absolute atomic E-state index is 11.7. The highest BCUT2D eigenvalue weighted by Crippen LogP contribution is 2.04. The molecule has 112 valence electrons. The summed E-state index contributed by atoms with van der Waals surface area (Å²) in [5, 5.41) is 8.12. The van der Waals surface area contributed by atoms with Gasteiger partial charge in [-0.05, 0) is 26.0 Å². The van der Waals surface area contributed by atoms with Crippen molar-refractivity contribution in [1.82, 2.24) is 19.6 Å². The number of aromatic nitrogens is 4. The summed E-state index contributed by atoms with van der Waals surface area (Å²) >= 11 is 0. The Bertz CT molecular complexity index is 632. The third kappa shape index (κ3) is 3.47. The lowest BCUT2D eigenvalue weighted by Crippen LogP contribution is -2.18. The summed E-state index contributed by atoms with van der Waals surface area (Å²) in [7, 11) is 0. The van der Waals surface area contributed by atoms with Crippen LogP contribution in [-0.4, -0.2) is 44.7 Å². The molecule has 0 saturated carbocycles. The average molecular weight is 292 g/mol. The maximum atomic E-state index is 11.7. The number of nitrogens with zero attached hydrogens (tertiary/aromatic N) is 4. The van der Waals surface area contributed by atoms with E-state index in [2.05, 4.69) is 10.2 Å². The van der Waals surface area contributed by atoms with E-state index in [1.165, 1.54) is 15.6 Å². The molecule has 0 aliphatic carbocycles. The Hall–Kier alpha value is -2.64. The van der Waals surface area contributed by atoms with Gasteiger partial charge in [0.05, 0.1) is 13.2 Å². The van der Waals surface area contributed by atoms with Crippen molar-refractivity contribution in [2.75, 3.05) is 13.2 Å². The van der Waals surface area contributed by atoms with E-state index < -0.39 is 11.9 Å². The molecule has 0 unspecified atom stereocenters. The molecule has 0 aliphatic heterocycles. The predicted octanol–water partition coefficient (Wildman–Crippen LogP) is 0.939. The van der Waals surface area contributed by atoms with Crippen molar-refractivity contribution in [3.63, 3.8) is 0 Å². The van der Waals surface area contributed by atoms with Crippen molar-refractivity contribution in [1.29, 1.82) is 0 Å². The van der Waals surface area contributed by atoms with Crippen LogP contribution in [0.5, 0.6) is 0 Å². The Morgan fingerprint density at radius 2 is 1.86 bits per heavy atom. The van der Waals surface area contributed by atoms with Gasteiger partial charge in [0.25, 0.3) is 0 Å². The molecular formula is C13H16N4O4. The maximum Gasteiger partial charge on any atom is 0.358 e. The second-order valence-electron chi connectivity index (χ2n) is 4.04. The topological polar surface area (TPSA) is 88.2 Å². The van der Waals surface area contributed by atoms with Crippen molar-refractivity contribution in [3.8, 4) is 0 Å². The molecule has 0 bridgehead atoms. The molecule has 2 heterocycles. The SMILES string of the molecule is CCOC(=O)c1ccn(Cn2nccc2C(=O)OCC)n1. The smallest absolute Gasteiger partial charge is 0.358 e. The van der Waals surface area contributed by atoms with Crippen LogP contribution >= 0.6 is 0 Å². The first-order valence-electron chi connectivity index (χ1n) is 6.55. The van der Waals surface area contributed by atoms with Gasteiger partial charge >= 0.3 is 11.9 Å². The van der Waals surface area contributed by atoms with E-state index in [-0.39, 0.29) is 19.0 Å². The standard InChI is InChI=1S/C13H16N4O4/c1-3-20-12(18)10-6-8-16(15-10)9-17-11(5-7-14-17)13(19)21-4-2/h5-8H,3-4,9H2,1-2H3. The van der Waals surface area contributed by atoms with Crippen LogP contribution in [-0.2, 0) is 16.1 Å². The first kappa shape index (κ1) is 14.8. The minimum Gasteiger partial charge on any atom is -0.461 e. The number of hydrogen-bond acceptors (Lipinski definition) is 6. The van der Waals surface area contributed by atoms with E-state index >= 15 is 0 Å². The van der Waals surface area contributed by atoms with Gasteiger partial charge in [-0.3, -0.25) is 4.68 Å². The summed E-state index contributed by atoms with van der Waals surface area (Å²) in [6.07, 6.45) is 3.12. The molecular weight excluding hydrogens is 276 g/mol. The number of hydrogen-bond donors (Lipinski definition) is 0. The van der Waals surface area contributed by atoms with E-state index in [1.54, 1.807) is 32.2 Å². The van der Waals surface area contributed by atoms with Crippen LogP contribution in [0.25, 0.3) is 0 Å². The lowest BCUT2D eigenvalue weighted by Gasteiger charge is -2.06. The third-order valence-electron chi connectivity index (χ3n) is 2.61. The van der Waals surface area contributed by atoms with Gasteiger partial charge in [-0.25, -0.2) is 14.3 Å². The first-order chi connectivity index (χ1) is 10.2. The summed E-state index contributed by atoms with van der Waals surface area (Å²) in [6, 6.07) is 3.11. The molecule has 0 amide bonds. The molecule has 0 aliphatic rings. The highest BCUT2D eigenvalue weighted by atomic mass is 16.5. The molecule has 0 aromatic carbocycles. The molecule has 0 saturated heterocycles. The number of ether oxygens (including phenoxy) is 2. The highest BCUT2D eigenvalue weighted by molar-refractivity contribution is 5.87. The molecule has 0 atom stereocenters. The van der Waals surface area contributed by atoms with Crippen molar-refractivity contribution in [2.45, 2.75) is 20.5 Å². The minimum atomic E-state index is -0.484. The second-order valence-corrected chi connectivity index (χ2v) is 4.04. The van der Waals surface area contributed by atoms with Crippen molar-refractivity contribution in [3.05, 3.63) is 35.9 Å². The second kappa shape index (κ2) is 6.69. The van der Waals surface area contributed by atoms with Gasteiger partial charge in [-0.15, -0.1) is 0 Å². The zero-order chi connectivity index (χ0) is 15.2. The van der Waals surface area contributed by atoms with Crippen molar-refractivity contribution in [2.24, 2.45) is 0 Å². The fourth-order valence-electron chi connectivity index (χ4n) is 1.72. The highest BCUT2D eigenvalue weighted by Gasteiger charge is 2.15. The molecule has 0 N–H and O–H groups in total. The average Bonchev–Trinajstić information content (AvgIpc) is 3.09. The van der Waals surface area contributed by atoms with Gasteiger partial charge in [0, 0.05) is 12.4 Å². The largest absolute Gasteiger partial charge is 0.461 e. The molecule has 0 radical (unpaired) electrons. The molecule has 0 spiro atoms. The lowest BCUT2D eigenvalue weighted by atomic mass is 10.4. The van der Waals surface area contributed by atoms with Crippen molar-refractivity contribution >= 4 is 11.9 Å². The van der Waals surface area contributed by atoms with Crippen LogP contribution in [0.4, 0.5) is 0 Å². The Morgan fingerprint density at radius 1 is 1.14 bits per heavy atom. The number of carbonyl (C=O) groups excluding carboxylic acids is 2. The Morgan fingerprint density at radius 3 is 2.57 bits per heavy atom. The van der Waals surface area contributed by atoms with E-state index in [4.69, 9.17) is 9.47 Å². The molecule has 2 aromatic rings. The Balaban J connectivity index is 2.11. The minimum absolute atomic E-state index is 0.195. The van der Waals surface area contributed by atoms with Crippen molar-refractivity contribution < 1.29 is 19.1 Å². The zero-order valence-corrected chi connectivity index (χ0v) is 11.9. The van der Waals surface area contributed by atoms with Gasteiger partial charge in [-0.1, -0.05) is 0 Å². The summed E-state index contributed by atoms with van der Waals surface area (Å²) in [6.45, 7) is 4.24. The Labute approximate surface area is 121 Å². The van der Waals surface area contributed by atoms with E-state index in [0.717, 1.165) is 0 Å². The number of esters is 2. The zero-order valence-electron chi connectivity index (χ0n) is 11.9. The van der Waals surface area contributed by atoms with Crippen LogP contribution in [0.15, 0.2) is 24.5 Å². The summed E-state index contributed by atoms with van der Waals surface area (Å²) in [4.78, 5) is 23.3. The van der Waals surface area contributed by atoms with Crippen LogP contribution in [0.2, 0.25) is 0 Å². The van der Waals surface area contributed by atoms with Crippen LogP contribution in [0.3, 0.4) is 0 Å². The van der Waals surface area contributed by atoms with E-state index in [0.29, 0.717) is 12.3 Å². The monoisotopic (exact) mass is 292 g/mol. The normalized spacial score (nSPS) is 10.4. The summed E-state index contributed by atoms with van der Waals surface area (Å²) < 4.78 is 12.7. The number of carbonyl (C=O) groups is 2. The van der Waals surface area contributed by atoms with Gasteiger partial charge in [-0.2, -0.15) is 10.2 Å². The van der Waals surface area contributed by atoms with Gasteiger partial charge in [0.15, 0.2) is 5.69 Å². The van der Waals surface area contributed by atoms with E-state index in [1.807, 2.05) is 0 Å². The molecule has 2 aromatic heterocycles. The fourth-order valence-corrected chi connectivity index (χ4v) is 1.72. The quantitative estimate of drug-likeness (QED) is 0.736. The van der Waals surface area contributed by atoms with Gasteiger partial charge in [0.1, 0.15) is 12.4 Å². The molecule has 2 rings (SSSR count).